The topological polar surface area (TPSA) is 157 Å². The predicted molar refractivity (Wildman–Crippen MR) is 177 cm³/mol. The van der Waals surface area contributed by atoms with Crippen molar-refractivity contribution in [2.24, 2.45) is 0 Å². The molecule has 2 aliphatic rings. The molecule has 0 radical (unpaired) electrons. The number of rotatable bonds is 11. The van der Waals surface area contributed by atoms with Gasteiger partial charge in [0.25, 0.3) is 11.6 Å². The zero-order chi connectivity index (χ0) is 33.6. The fraction of sp³-hybridized carbons (Fsp3) is 0.176. The van der Waals surface area contributed by atoms with Gasteiger partial charge < -0.3 is 14.8 Å². The number of hydrogen-bond donors (Lipinski definition) is 2. The molecule has 1 unspecified atom stereocenters. The number of thioether (sulfide) groups is 1. The van der Waals surface area contributed by atoms with Crippen LogP contribution in [0.5, 0.6) is 0 Å². The average Bonchev–Trinajstić information content (AvgIpc) is 3.62. The van der Waals surface area contributed by atoms with Crippen LogP contribution in [-0.2, 0) is 36.9 Å². The number of benzene rings is 3. The number of thiophene rings is 1. The third-order valence-corrected chi connectivity index (χ3v) is 9.75. The molecule has 12 nitrogen and oxygen atoms in total. The van der Waals surface area contributed by atoms with Crippen molar-refractivity contribution in [2.45, 2.75) is 30.5 Å². The van der Waals surface area contributed by atoms with E-state index in [9.17, 15) is 29.3 Å². The number of nitrogens with zero attached hydrogens (tertiary/aromatic N) is 2. The number of esters is 1. The summed E-state index contributed by atoms with van der Waals surface area (Å²) in [6, 6.07) is 26.6. The maximum Gasteiger partial charge on any atom is 0.411 e. The zero-order valence-electron chi connectivity index (χ0n) is 25.1. The molecule has 2 atom stereocenters. The van der Waals surface area contributed by atoms with Crippen molar-refractivity contribution in [1.29, 1.82) is 0 Å². The van der Waals surface area contributed by atoms with Crippen LogP contribution in [0, 0.1) is 10.1 Å². The second-order valence-electron chi connectivity index (χ2n) is 10.8. The number of β-lactam (4-membered cyclic amide) rings is 1. The highest BCUT2D eigenvalue weighted by Crippen LogP contribution is 2.41. The molecule has 48 heavy (non-hydrogen) atoms. The van der Waals surface area contributed by atoms with Gasteiger partial charge in [0.1, 0.15) is 18.0 Å². The highest BCUT2D eigenvalue weighted by Gasteiger charge is 2.55. The van der Waals surface area contributed by atoms with Crippen LogP contribution in [0.25, 0.3) is 0 Å². The Morgan fingerprint density at radius 1 is 0.938 bits per heavy atom. The fourth-order valence-electron chi connectivity index (χ4n) is 5.27. The molecular weight excluding hydrogens is 657 g/mol. The van der Waals surface area contributed by atoms with E-state index in [-0.39, 0.29) is 41.8 Å². The number of nitro groups is 1. The van der Waals surface area contributed by atoms with E-state index in [4.69, 9.17) is 9.47 Å². The largest absolute Gasteiger partial charge is 0.448 e. The van der Waals surface area contributed by atoms with E-state index in [1.807, 2.05) is 78.2 Å². The summed E-state index contributed by atoms with van der Waals surface area (Å²) in [6.45, 7) is -0.197. The number of carbonyl (C=O) groups is 4. The van der Waals surface area contributed by atoms with Crippen LogP contribution in [0.3, 0.4) is 0 Å². The third-order valence-electron chi connectivity index (χ3n) is 7.59. The summed E-state index contributed by atoms with van der Waals surface area (Å²) in [5, 5.41) is 17.6. The Morgan fingerprint density at radius 3 is 2.21 bits per heavy atom. The lowest BCUT2D eigenvalue weighted by molar-refractivity contribution is -0.384. The van der Waals surface area contributed by atoms with Crippen molar-refractivity contribution in [1.82, 2.24) is 15.5 Å². The molecule has 1 fully saturated rings. The summed E-state index contributed by atoms with van der Waals surface area (Å²) in [5.74, 6) is -1.59. The van der Waals surface area contributed by atoms with Crippen molar-refractivity contribution in [3.63, 3.8) is 0 Å². The van der Waals surface area contributed by atoms with Crippen molar-refractivity contribution in [2.75, 3.05) is 5.75 Å². The van der Waals surface area contributed by atoms with Crippen molar-refractivity contribution in [3.8, 4) is 0 Å². The minimum Gasteiger partial charge on any atom is -0.448 e. The van der Waals surface area contributed by atoms with Crippen molar-refractivity contribution >= 4 is 52.7 Å². The van der Waals surface area contributed by atoms with Crippen LogP contribution < -0.4 is 10.6 Å². The standard InChI is InChI=1S/C34H28N4O8S2/c39-27(18-25-12-7-17-47-25)36-28-31(40)37-29(33(41)46-30(22-8-3-1-4-9-22)23-10-5-2-6-11-23)26(20-48-32(28)37)35-34(42)45-19-21-13-15-24(16-14-21)38(43)44/h1-17,28,30,32H,18-20H2,(H,35,42)(H,36,39)/t28?,32-/m1/s1. The Balaban J connectivity index is 1.24. The molecular formula is C34H28N4O8S2. The van der Waals surface area contributed by atoms with Gasteiger partial charge in [-0.3, -0.25) is 29.9 Å². The molecule has 3 amide bonds. The lowest BCUT2D eigenvalue weighted by Gasteiger charge is -2.49. The summed E-state index contributed by atoms with van der Waals surface area (Å²) in [4.78, 5) is 65.8. The fourth-order valence-corrected chi connectivity index (χ4v) is 7.25. The zero-order valence-corrected chi connectivity index (χ0v) is 26.8. The van der Waals surface area contributed by atoms with E-state index in [1.165, 1.54) is 52.3 Å². The van der Waals surface area contributed by atoms with Gasteiger partial charge in [-0.05, 0) is 40.3 Å². The molecule has 6 rings (SSSR count). The van der Waals surface area contributed by atoms with Crippen LogP contribution in [0.2, 0.25) is 0 Å². The summed E-state index contributed by atoms with van der Waals surface area (Å²) in [7, 11) is 0. The van der Waals surface area contributed by atoms with E-state index >= 15 is 0 Å². The third kappa shape index (κ3) is 7.24. The molecule has 0 saturated carbocycles. The Labute approximate surface area is 282 Å². The SMILES string of the molecule is O=C(Cc1cccs1)NC1C(=O)N2C(C(=O)OC(c3ccccc3)c3ccccc3)=C(NC(=O)OCc3ccc([N+](=O)[O-])cc3)CS[C@H]12. The first-order valence-corrected chi connectivity index (χ1v) is 16.7. The summed E-state index contributed by atoms with van der Waals surface area (Å²) >= 11 is 2.70. The van der Waals surface area contributed by atoms with Crippen LogP contribution >= 0.6 is 23.1 Å². The Hall–Kier alpha value is -5.47. The Morgan fingerprint density at radius 2 is 1.60 bits per heavy atom. The number of hydrogen-bond acceptors (Lipinski definition) is 10. The Bertz CT molecular complexity index is 1810. The highest BCUT2D eigenvalue weighted by atomic mass is 32.2. The smallest absolute Gasteiger partial charge is 0.411 e. The lowest BCUT2D eigenvalue weighted by Crippen LogP contribution is -2.71. The number of alkyl carbamates (subject to hydrolysis) is 1. The van der Waals surface area contributed by atoms with Gasteiger partial charge in [-0.25, -0.2) is 9.59 Å². The summed E-state index contributed by atoms with van der Waals surface area (Å²) in [5.41, 5.74) is 1.75. The number of non-ortho nitro benzene ring substituents is 1. The number of amides is 3. The number of nitro benzene ring substituents is 1. The molecule has 4 aromatic rings. The second-order valence-corrected chi connectivity index (χ2v) is 12.9. The molecule has 0 spiro atoms. The molecule has 1 aromatic heterocycles. The van der Waals surface area contributed by atoms with Gasteiger partial charge in [-0.2, -0.15) is 0 Å². The quantitative estimate of drug-likeness (QED) is 0.0953. The first-order valence-electron chi connectivity index (χ1n) is 14.8. The molecule has 3 aromatic carbocycles. The van der Waals surface area contributed by atoms with E-state index in [2.05, 4.69) is 10.6 Å². The van der Waals surface area contributed by atoms with E-state index in [0.29, 0.717) is 16.7 Å². The monoisotopic (exact) mass is 684 g/mol. The number of nitrogens with one attached hydrogen (secondary N) is 2. The molecule has 0 aliphatic carbocycles. The average molecular weight is 685 g/mol. The van der Waals surface area contributed by atoms with Crippen LogP contribution in [-0.4, -0.2) is 50.9 Å². The highest BCUT2D eigenvalue weighted by molar-refractivity contribution is 8.00. The minimum absolute atomic E-state index is 0.101. The van der Waals surface area contributed by atoms with Gasteiger partial charge in [0.2, 0.25) is 5.91 Å². The maximum absolute atomic E-state index is 14.1. The van der Waals surface area contributed by atoms with E-state index in [0.717, 1.165) is 4.88 Å². The minimum atomic E-state index is -0.899. The Kier molecular flexibility index (Phi) is 9.83. The molecule has 244 valence electrons. The number of carbonyl (C=O) groups excluding carboxylic acids is 4. The van der Waals surface area contributed by atoms with Crippen molar-refractivity contribution in [3.05, 3.63) is 146 Å². The van der Waals surface area contributed by atoms with Gasteiger partial charge in [0.15, 0.2) is 11.8 Å². The second kappa shape index (κ2) is 14.5. The van der Waals surface area contributed by atoms with Gasteiger partial charge >= 0.3 is 12.1 Å². The van der Waals surface area contributed by atoms with Gasteiger partial charge in [-0.15, -0.1) is 23.1 Å². The van der Waals surface area contributed by atoms with Gasteiger partial charge in [-0.1, -0.05) is 66.7 Å². The molecule has 2 N–H and O–H groups in total. The summed E-state index contributed by atoms with van der Waals surface area (Å²) in [6.07, 6.45) is -1.61. The summed E-state index contributed by atoms with van der Waals surface area (Å²) < 4.78 is 11.4. The van der Waals surface area contributed by atoms with Crippen LogP contribution in [0.4, 0.5) is 10.5 Å². The lowest BCUT2D eigenvalue weighted by atomic mass is 10.0. The molecule has 1 saturated heterocycles. The van der Waals surface area contributed by atoms with E-state index in [1.54, 1.807) is 0 Å². The maximum atomic E-state index is 14.1. The normalized spacial score (nSPS) is 16.9. The molecule has 0 bridgehead atoms. The van der Waals surface area contributed by atoms with Crippen LogP contribution in [0.15, 0.2) is 114 Å². The van der Waals surface area contributed by atoms with Gasteiger partial charge in [0.05, 0.1) is 17.0 Å². The molecule has 3 heterocycles. The number of ether oxygens (including phenoxy) is 2. The molecule has 2 aliphatic heterocycles. The molecule has 14 heteroatoms. The predicted octanol–water partition coefficient (Wildman–Crippen LogP) is 5.07. The van der Waals surface area contributed by atoms with Crippen molar-refractivity contribution < 1.29 is 33.6 Å². The number of fused-ring (bicyclic) bond motifs is 1. The van der Waals surface area contributed by atoms with Crippen LogP contribution in [0.1, 0.15) is 27.7 Å². The first-order chi connectivity index (χ1) is 23.3. The van der Waals surface area contributed by atoms with E-state index < -0.39 is 40.4 Å². The first kappa shape index (κ1) is 32.5. The van der Waals surface area contributed by atoms with Gasteiger partial charge in [0, 0.05) is 22.8 Å².